The Kier molecular flexibility index (Phi) is 9.07. The maximum Gasteiger partial charge on any atom is 0.140 e. The summed E-state index contributed by atoms with van der Waals surface area (Å²) in [6.07, 6.45) is 0. The van der Waals surface area contributed by atoms with Gasteiger partial charge in [-0.05, 0) is 17.5 Å². The van der Waals surface area contributed by atoms with E-state index < -0.39 is 0 Å². The zero-order valence-electron chi connectivity index (χ0n) is 13.0. The molecule has 1 heterocycles. The van der Waals surface area contributed by atoms with E-state index in [1.165, 1.54) is 0 Å². The minimum absolute atomic E-state index is 0. The highest BCUT2D eigenvalue weighted by Gasteiger charge is 2.36. The van der Waals surface area contributed by atoms with Crippen LogP contribution in [0.3, 0.4) is 0 Å². The van der Waals surface area contributed by atoms with Crippen LogP contribution in [0.15, 0.2) is 16.6 Å². The Labute approximate surface area is 158 Å². The van der Waals surface area contributed by atoms with Crippen LogP contribution in [0.1, 0.15) is 32.4 Å². The van der Waals surface area contributed by atoms with E-state index in [0.717, 1.165) is 36.2 Å². The standard InChI is InChI=1S/C15H22BrClN2O.2ClH/c1-15(2,3)14(19-8-6-18-7-9-19)12-10(16)4-5-11(17)13(12)20;;/h4-5,14,18,20H,6-9H2,1-3H3;2*1H/t14-;;/m0../s1. The zero-order valence-corrected chi connectivity index (χ0v) is 17.0. The summed E-state index contributed by atoms with van der Waals surface area (Å²) in [5.41, 5.74) is 0.897. The summed E-state index contributed by atoms with van der Waals surface area (Å²) in [4.78, 5) is 2.42. The number of hydrogen-bond acceptors (Lipinski definition) is 3. The van der Waals surface area contributed by atoms with Crippen LogP contribution in [0.2, 0.25) is 5.02 Å². The van der Waals surface area contributed by atoms with E-state index in [2.05, 4.69) is 46.9 Å². The van der Waals surface area contributed by atoms with E-state index in [9.17, 15) is 5.11 Å². The Morgan fingerprint density at radius 2 is 1.77 bits per heavy atom. The third-order valence-corrected chi connectivity index (χ3v) is 4.72. The van der Waals surface area contributed by atoms with Crippen molar-refractivity contribution in [3.8, 4) is 5.75 Å². The van der Waals surface area contributed by atoms with Gasteiger partial charge in [0.15, 0.2) is 0 Å². The molecule has 1 aliphatic heterocycles. The third-order valence-electron chi connectivity index (χ3n) is 3.73. The number of nitrogens with one attached hydrogen (secondary N) is 1. The van der Waals surface area contributed by atoms with Gasteiger partial charge in [0.2, 0.25) is 0 Å². The molecule has 0 radical (unpaired) electrons. The van der Waals surface area contributed by atoms with Crippen LogP contribution in [0, 0.1) is 5.41 Å². The van der Waals surface area contributed by atoms with Crippen molar-refractivity contribution < 1.29 is 5.11 Å². The molecule has 1 aliphatic rings. The molecule has 1 aromatic carbocycles. The van der Waals surface area contributed by atoms with Gasteiger partial charge in [0.05, 0.1) is 5.02 Å². The molecule has 1 fully saturated rings. The van der Waals surface area contributed by atoms with Crippen molar-refractivity contribution in [2.45, 2.75) is 26.8 Å². The summed E-state index contributed by atoms with van der Waals surface area (Å²) in [6, 6.07) is 3.76. The lowest BCUT2D eigenvalue weighted by molar-refractivity contribution is 0.0837. The molecule has 22 heavy (non-hydrogen) atoms. The van der Waals surface area contributed by atoms with Gasteiger partial charge < -0.3 is 10.4 Å². The number of rotatable bonds is 2. The molecular weight excluding hydrogens is 410 g/mol. The summed E-state index contributed by atoms with van der Waals surface area (Å²) in [6.45, 7) is 10.5. The number of nitrogens with zero attached hydrogens (tertiary/aromatic N) is 1. The van der Waals surface area contributed by atoms with Gasteiger partial charge >= 0.3 is 0 Å². The third kappa shape index (κ3) is 4.89. The molecule has 0 amide bonds. The average Bonchev–Trinajstić information content (AvgIpc) is 2.39. The van der Waals surface area contributed by atoms with Gasteiger partial charge in [-0.15, -0.1) is 24.8 Å². The Balaban J connectivity index is 0.00000220. The highest BCUT2D eigenvalue weighted by atomic mass is 79.9. The Hall–Kier alpha value is 0.290. The van der Waals surface area contributed by atoms with E-state index in [0.29, 0.717) is 5.02 Å². The smallest absolute Gasteiger partial charge is 0.140 e. The van der Waals surface area contributed by atoms with Gasteiger partial charge in [-0.1, -0.05) is 48.3 Å². The van der Waals surface area contributed by atoms with Crippen molar-refractivity contribution in [1.82, 2.24) is 10.2 Å². The molecule has 0 spiro atoms. The molecule has 2 rings (SSSR count). The van der Waals surface area contributed by atoms with Gasteiger partial charge in [-0.3, -0.25) is 4.90 Å². The number of halogens is 4. The summed E-state index contributed by atoms with van der Waals surface area (Å²) in [5.74, 6) is 0.194. The largest absolute Gasteiger partial charge is 0.506 e. The normalized spacial score (nSPS) is 17.3. The lowest BCUT2D eigenvalue weighted by atomic mass is 9.80. The van der Waals surface area contributed by atoms with Crippen LogP contribution < -0.4 is 5.32 Å². The van der Waals surface area contributed by atoms with Crippen LogP contribution in [0.5, 0.6) is 5.75 Å². The van der Waals surface area contributed by atoms with Crippen LogP contribution in [0.25, 0.3) is 0 Å². The minimum atomic E-state index is 0. The fraction of sp³-hybridized carbons (Fsp3) is 0.600. The molecule has 1 atom stereocenters. The van der Waals surface area contributed by atoms with Gasteiger partial charge in [0.1, 0.15) is 5.75 Å². The van der Waals surface area contributed by atoms with Crippen molar-refractivity contribution >= 4 is 52.3 Å². The highest BCUT2D eigenvalue weighted by Crippen LogP contribution is 2.46. The zero-order chi connectivity index (χ0) is 14.9. The number of piperazine rings is 1. The Morgan fingerprint density at radius 3 is 2.27 bits per heavy atom. The number of benzene rings is 1. The first-order chi connectivity index (χ1) is 9.32. The lowest BCUT2D eigenvalue weighted by Gasteiger charge is -2.43. The van der Waals surface area contributed by atoms with Gasteiger partial charge in [0, 0.05) is 42.3 Å². The molecule has 0 bridgehead atoms. The van der Waals surface area contributed by atoms with Gasteiger partial charge in [0.25, 0.3) is 0 Å². The highest BCUT2D eigenvalue weighted by molar-refractivity contribution is 9.10. The summed E-state index contributed by atoms with van der Waals surface area (Å²) >= 11 is 9.70. The van der Waals surface area contributed by atoms with Gasteiger partial charge in [-0.25, -0.2) is 0 Å². The lowest BCUT2D eigenvalue weighted by Crippen LogP contribution is -2.48. The number of phenols is 1. The minimum Gasteiger partial charge on any atom is -0.506 e. The second kappa shape index (κ2) is 8.95. The molecular formula is C15H24BrCl3N2O. The van der Waals surface area contributed by atoms with E-state index >= 15 is 0 Å². The molecule has 0 saturated carbocycles. The predicted molar refractivity (Wildman–Crippen MR) is 102 cm³/mol. The van der Waals surface area contributed by atoms with E-state index in [1.54, 1.807) is 6.07 Å². The first-order valence-electron chi connectivity index (χ1n) is 6.94. The fourth-order valence-electron chi connectivity index (χ4n) is 2.92. The number of hydrogen-bond donors (Lipinski definition) is 2. The summed E-state index contributed by atoms with van der Waals surface area (Å²) in [7, 11) is 0. The predicted octanol–water partition coefficient (Wildman–Crippen LogP) is 4.64. The monoisotopic (exact) mass is 432 g/mol. The molecule has 0 aliphatic carbocycles. The van der Waals surface area contributed by atoms with Crippen molar-refractivity contribution in [1.29, 1.82) is 0 Å². The van der Waals surface area contributed by atoms with Gasteiger partial charge in [-0.2, -0.15) is 0 Å². The van der Waals surface area contributed by atoms with E-state index in [-0.39, 0.29) is 42.0 Å². The first kappa shape index (κ1) is 22.3. The topological polar surface area (TPSA) is 35.5 Å². The molecule has 1 saturated heterocycles. The first-order valence-corrected chi connectivity index (χ1v) is 8.11. The summed E-state index contributed by atoms with van der Waals surface area (Å²) in [5, 5.41) is 14.2. The Bertz CT molecular complexity index is 488. The molecule has 0 unspecified atom stereocenters. The van der Waals surface area contributed by atoms with E-state index in [1.807, 2.05) is 6.07 Å². The average molecular weight is 435 g/mol. The van der Waals surface area contributed by atoms with Crippen LogP contribution in [-0.4, -0.2) is 36.2 Å². The molecule has 2 N–H and O–H groups in total. The number of phenolic OH excluding ortho intramolecular Hbond substituents is 1. The fourth-order valence-corrected chi connectivity index (χ4v) is 3.62. The SMILES string of the molecule is CC(C)(C)[C@H](c1c(Br)ccc(Cl)c1O)N1CCNCC1.Cl.Cl. The van der Waals surface area contributed by atoms with Crippen LogP contribution in [-0.2, 0) is 0 Å². The maximum atomic E-state index is 10.4. The van der Waals surface area contributed by atoms with Crippen molar-refractivity contribution in [2.24, 2.45) is 5.41 Å². The molecule has 7 heteroatoms. The van der Waals surface area contributed by atoms with E-state index in [4.69, 9.17) is 11.6 Å². The van der Waals surface area contributed by atoms with Crippen molar-refractivity contribution in [3.05, 3.63) is 27.2 Å². The maximum absolute atomic E-state index is 10.4. The molecule has 0 aromatic heterocycles. The van der Waals surface area contributed by atoms with Crippen LogP contribution >= 0.6 is 52.3 Å². The summed E-state index contributed by atoms with van der Waals surface area (Å²) < 4.78 is 0.915. The molecule has 3 nitrogen and oxygen atoms in total. The Morgan fingerprint density at radius 1 is 1.23 bits per heavy atom. The molecule has 128 valence electrons. The van der Waals surface area contributed by atoms with Crippen molar-refractivity contribution in [3.63, 3.8) is 0 Å². The number of aromatic hydroxyl groups is 1. The second-order valence-electron chi connectivity index (χ2n) is 6.35. The second-order valence-corrected chi connectivity index (χ2v) is 7.61. The quantitative estimate of drug-likeness (QED) is 0.712. The molecule has 1 aromatic rings. The van der Waals surface area contributed by atoms with Crippen molar-refractivity contribution in [2.75, 3.05) is 26.2 Å². The van der Waals surface area contributed by atoms with Crippen LogP contribution in [0.4, 0.5) is 0 Å².